The Balaban J connectivity index is 2.27. The lowest BCUT2D eigenvalue weighted by Gasteiger charge is -2.21. The maximum Gasteiger partial charge on any atom is 0.411 e. The largest absolute Gasteiger partial charge is 0.411 e. The average Bonchev–Trinajstić information content (AvgIpc) is 3.09. The van der Waals surface area contributed by atoms with Crippen molar-refractivity contribution in [1.82, 2.24) is 15.0 Å². The van der Waals surface area contributed by atoms with E-state index in [9.17, 15) is 13.2 Å². The Morgan fingerprint density at radius 3 is 2.20 bits per heavy atom. The third-order valence-corrected chi connectivity index (χ3v) is 3.00. The van der Waals surface area contributed by atoms with Gasteiger partial charge in [0, 0.05) is 20.6 Å². The first-order valence-corrected chi connectivity index (χ1v) is 6.29. The van der Waals surface area contributed by atoms with Crippen molar-refractivity contribution in [3.05, 3.63) is 0 Å². The van der Waals surface area contributed by atoms with E-state index in [-0.39, 0.29) is 24.7 Å². The van der Waals surface area contributed by atoms with Crippen molar-refractivity contribution in [3.8, 4) is 0 Å². The Bertz CT molecular complexity index is 484. The molecular weight excluding hydrogens is 273 g/mol. The minimum atomic E-state index is -4.31. The summed E-state index contributed by atoms with van der Waals surface area (Å²) >= 11 is 0. The molecule has 2 N–H and O–H groups in total. The molecule has 1 aromatic heterocycles. The highest BCUT2D eigenvalue weighted by Crippen LogP contribution is 2.50. The van der Waals surface area contributed by atoms with Crippen LogP contribution in [-0.2, 0) is 0 Å². The molecule has 1 saturated carbocycles. The lowest BCUT2D eigenvalue weighted by molar-refractivity contribution is -0.151. The van der Waals surface area contributed by atoms with Gasteiger partial charge < -0.3 is 15.5 Å². The molecule has 0 bridgehead atoms. The minimum Gasteiger partial charge on any atom is -0.354 e. The number of nitrogens with zero attached hydrogens (tertiary/aromatic N) is 4. The quantitative estimate of drug-likeness (QED) is 0.863. The number of alkyl halides is 3. The Hall–Kier alpha value is -1.80. The van der Waals surface area contributed by atoms with Gasteiger partial charge in [0.05, 0.1) is 0 Å². The summed E-state index contributed by atoms with van der Waals surface area (Å²) in [7, 11) is 3.43. The molecule has 1 heterocycles. The van der Waals surface area contributed by atoms with Gasteiger partial charge in [0.2, 0.25) is 17.8 Å². The molecule has 0 aromatic carbocycles. The summed E-state index contributed by atoms with van der Waals surface area (Å²) in [6, 6.07) is 0. The molecule has 1 fully saturated rings. The minimum absolute atomic E-state index is 0.0377. The van der Waals surface area contributed by atoms with E-state index in [1.807, 2.05) is 6.92 Å². The Kier molecular flexibility index (Phi) is 3.61. The third-order valence-electron chi connectivity index (χ3n) is 3.00. The van der Waals surface area contributed by atoms with Crippen molar-refractivity contribution in [2.45, 2.75) is 31.5 Å². The molecule has 0 unspecified atom stereocenters. The molecule has 0 saturated heterocycles. The van der Waals surface area contributed by atoms with Crippen LogP contribution in [0.2, 0.25) is 0 Å². The third kappa shape index (κ3) is 2.86. The fourth-order valence-corrected chi connectivity index (χ4v) is 1.68. The van der Waals surface area contributed by atoms with Gasteiger partial charge in [-0.25, -0.2) is 0 Å². The van der Waals surface area contributed by atoms with Crippen LogP contribution in [0.3, 0.4) is 0 Å². The molecule has 2 rings (SSSR count). The van der Waals surface area contributed by atoms with Crippen molar-refractivity contribution in [2.75, 3.05) is 36.2 Å². The van der Waals surface area contributed by atoms with E-state index in [2.05, 4.69) is 25.6 Å². The lowest BCUT2D eigenvalue weighted by atomic mass is 10.3. The van der Waals surface area contributed by atoms with Crippen molar-refractivity contribution in [3.63, 3.8) is 0 Å². The average molecular weight is 290 g/mol. The molecule has 0 aliphatic heterocycles. The number of hydrogen-bond acceptors (Lipinski definition) is 6. The van der Waals surface area contributed by atoms with Crippen LogP contribution in [-0.4, -0.2) is 47.3 Å². The van der Waals surface area contributed by atoms with Crippen LogP contribution in [0.5, 0.6) is 0 Å². The molecule has 0 atom stereocenters. The number of nitrogens with one attached hydrogen (secondary N) is 2. The highest BCUT2D eigenvalue weighted by molar-refractivity contribution is 5.45. The molecule has 0 spiro atoms. The number of halogens is 3. The summed E-state index contributed by atoms with van der Waals surface area (Å²) in [5, 5.41) is 5.29. The maximum absolute atomic E-state index is 12.9. The van der Waals surface area contributed by atoms with Crippen molar-refractivity contribution >= 4 is 17.8 Å². The second kappa shape index (κ2) is 4.95. The monoisotopic (exact) mass is 290 g/mol. The summed E-state index contributed by atoms with van der Waals surface area (Å²) < 4.78 is 38.8. The van der Waals surface area contributed by atoms with Gasteiger partial charge in [0.25, 0.3) is 0 Å². The van der Waals surface area contributed by atoms with Crippen molar-refractivity contribution in [1.29, 1.82) is 0 Å². The first kappa shape index (κ1) is 14.6. The van der Waals surface area contributed by atoms with E-state index in [1.165, 1.54) is 0 Å². The van der Waals surface area contributed by atoms with Crippen LogP contribution in [0.25, 0.3) is 0 Å². The molecule has 1 aliphatic carbocycles. The van der Waals surface area contributed by atoms with Crippen LogP contribution < -0.4 is 15.5 Å². The molecule has 6 nitrogen and oxygen atoms in total. The topological polar surface area (TPSA) is 66.0 Å². The predicted molar refractivity (Wildman–Crippen MR) is 70.0 cm³/mol. The van der Waals surface area contributed by atoms with Crippen molar-refractivity contribution < 1.29 is 13.2 Å². The van der Waals surface area contributed by atoms with Crippen LogP contribution in [0.15, 0.2) is 0 Å². The second-order valence-corrected chi connectivity index (χ2v) is 4.91. The zero-order valence-electron chi connectivity index (χ0n) is 11.5. The Labute approximate surface area is 114 Å². The second-order valence-electron chi connectivity index (χ2n) is 4.91. The van der Waals surface area contributed by atoms with E-state index in [1.54, 1.807) is 19.0 Å². The van der Waals surface area contributed by atoms with Crippen LogP contribution in [0.1, 0.15) is 19.8 Å². The molecule has 112 valence electrons. The first-order chi connectivity index (χ1) is 9.27. The van der Waals surface area contributed by atoms with E-state index < -0.39 is 11.7 Å². The standard InChI is InChI=1S/C11H17F3N6/c1-4-15-7-16-8(18-9(17-7)20(2)3)19-10(5-6-10)11(12,13)14/h4-6H2,1-3H3,(H2,15,16,17,18,19). The normalized spacial score (nSPS) is 16.7. The van der Waals surface area contributed by atoms with Crippen LogP contribution >= 0.6 is 0 Å². The Morgan fingerprint density at radius 1 is 1.15 bits per heavy atom. The highest BCUT2D eigenvalue weighted by Gasteiger charge is 2.64. The van der Waals surface area contributed by atoms with Gasteiger partial charge >= 0.3 is 6.18 Å². The van der Waals surface area contributed by atoms with Gasteiger partial charge in [-0.15, -0.1) is 0 Å². The van der Waals surface area contributed by atoms with Gasteiger partial charge in [0.15, 0.2) is 0 Å². The van der Waals surface area contributed by atoms with Gasteiger partial charge in [-0.05, 0) is 19.8 Å². The van der Waals surface area contributed by atoms with E-state index in [4.69, 9.17) is 0 Å². The molecule has 1 aliphatic rings. The zero-order chi connectivity index (χ0) is 15.0. The molecule has 0 amide bonds. The van der Waals surface area contributed by atoms with E-state index in [0.29, 0.717) is 12.5 Å². The zero-order valence-corrected chi connectivity index (χ0v) is 11.5. The SMILES string of the molecule is CCNc1nc(NC2(C(F)(F)F)CC2)nc(N(C)C)n1. The Morgan fingerprint density at radius 2 is 1.75 bits per heavy atom. The lowest BCUT2D eigenvalue weighted by Crippen LogP contribution is -2.39. The van der Waals surface area contributed by atoms with Gasteiger partial charge in [0.1, 0.15) is 5.54 Å². The van der Waals surface area contributed by atoms with Gasteiger partial charge in [-0.1, -0.05) is 0 Å². The molecule has 9 heteroatoms. The smallest absolute Gasteiger partial charge is 0.354 e. The number of hydrogen-bond donors (Lipinski definition) is 2. The fraction of sp³-hybridized carbons (Fsp3) is 0.727. The summed E-state index contributed by atoms with van der Waals surface area (Å²) in [4.78, 5) is 13.7. The van der Waals surface area contributed by atoms with Gasteiger partial charge in [-0.3, -0.25) is 0 Å². The summed E-state index contributed by atoms with van der Waals surface area (Å²) in [6.07, 6.45) is -4.23. The van der Waals surface area contributed by atoms with Crippen LogP contribution in [0, 0.1) is 0 Å². The molecule has 1 aromatic rings. The predicted octanol–water partition coefficient (Wildman–Crippen LogP) is 1.88. The summed E-state index contributed by atoms with van der Waals surface area (Å²) in [5.41, 5.74) is -1.89. The molecule has 20 heavy (non-hydrogen) atoms. The maximum atomic E-state index is 12.9. The number of rotatable bonds is 5. The van der Waals surface area contributed by atoms with E-state index in [0.717, 1.165) is 0 Å². The van der Waals surface area contributed by atoms with Gasteiger partial charge in [-0.2, -0.15) is 28.1 Å². The number of anilines is 3. The van der Waals surface area contributed by atoms with E-state index >= 15 is 0 Å². The fourth-order valence-electron chi connectivity index (χ4n) is 1.68. The van der Waals surface area contributed by atoms with Crippen LogP contribution in [0.4, 0.5) is 31.0 Å². The number of aromatic nitrogens is 3. The molecule has 0 radical (unpaired) electrons. The summed E-state index contributed by atoms with van der Waals surface area (Å²) in [6.45, 7) is 2.42. The molecular formula is C11H17F3N6. The van der Waals surface area contributed by atoms with Crippen molar-refractivity contribution in [2.24, 2.45) is 0 Å². The first-order valence-electron chi connectivity index (χ1n) is 6.29. The summed E-state index contributed by atoms with van der Waals surface area (Å²) in [5.74, 6) is 0.498. The highest BCUT2D eigenvalue weighted by atomic mass is 19.4.